The quantitative estimate of drug-likeness (QED) is 0.565. The van der Waals surface area contributed by atoms with Crippen LogP contribution in [-0.4, -0.2) is 44.2 Å². The number of carbonyl (C=O) groups excluding carboxylic acids is 1. The lowest BCUT2D eigenvalue weighted by Gasteiger charge is -2.29. The van der Waals surface area contributed by atoms with Gasteiger partial charge in [0.1, 0.15) is 12.3 Å². The van der Waals surface area contributed by atoms with E-state index in [1.165, 1.54) is 0 Å². The number of rotatable bonds is 6. The molecule has 1 aromatic carbocycles. The summed E-state index contributed by atoms with van der Waals surface area (Å²) < 4.78 is 6.28. The van der Waals surface area contributed by atoms with Gasteiger partial charge in [0.15, 0.2) is 6.10 Å². The fourth-order valence-corrected chi connectivity index (χ4v) is 1.68. The van der Waals surface area contributed by atoms with Gasteiger partial charge in [0.05, 0.1) is 21.1 Å². The molecule has 0 heterocycles. The number of hydrogen-bond donors (Lipinski definition) is 1. The summed E-state index contributed by atoms with van der Waals surface area (Å²) in [4.78, 5) is 10.7. The van der Waals surface area contributed by atoms with Crippen molar-refractivity contribution in [3.63, 3.8) is 0 Å². The third-order valence-corrected chi connectivity index (χ3v) is 2.33. The van der Waals surface area contributed by atoms with Crippen molar-refractivity contribution in [3.8, 4) is 5.75 Å². The molecule has 0 saturated carbocycles. The molecule has 0 bridgehead atoms. The lowest BCUT2D eigenvalue weighted by atomic mass is 10.2. The average molecular weight is 252 g/mol. The first-order valence-corrected chi connectivity index (χ1v) is 5.79. The van der Waals surface area contributed by atoms with E-state index in [0.717, 1.165) is 0 Å². The van der Waals surface area contributed by atoms with Crippen molar-refractivity contribution in [1.82, 2.24) is 0 Å². The SMILES string of the molecule is C[N+](C)(C)CC(CC(=O)[O-])Oc1ccc(N)cc1. The average Bonchev–Trinajstić information content (AvgIpc) is 2.18. The second-order valence-electron chi connectivity index (χ2n) is 5.36. The molecule has 1 unspecified atom stereocenters. The fourth-order valence-electron chi connectivity index (χ4n) is 1.68. The zero-order valence-electron chi connectivity index (χ0n) is 11.1. The number of nitrogens with two attached hydrogens (primary N) is 1. The van der Waals surface area contributed by atoms with E-state index in [4.69, 9.17) is 10.5 Å². The molecular formula is C13H20N2O3. The summed E-state index contributed by atoms with van der Waals surface area (Å²) in [5, 5.41) is 10.7. The Balaban J connectivity index is 2.71. The van der Waals surface area contributed by atoms with Crippen molar-refractivity contribution in [2.75, 3.05) is 33.4 Å². The lowest BCUT2D eigenvalue weighted by Crippen LogP contribution is -2.45. The normalized spacial score (nSPS) is 13.1. The molecule has 18 heavy (non-hydrogen) atoms. The van der Waals surface area contributed by atoms with E-state index in [-0.39, 0.29) is 6.42 Å². The Morgan fingerprint density at radius 1 is 1.33 bits per heavy atom. The van der Waals surface area contributed by atoms with E-state index in [1.54, 1.807) is 24.3 Å². The zero-order valence-corrected chi connectivity index (χ0v) is 11.1. The summed E-state index contributed by atoms with van der Waals surface area (Å²) in [5.41, 5.74) is 6.22. The largest absolute Gasteiger partial charge is 0.550 e. The van der Waals surface area contributed by atoms with Gasteiger partial charge in [0.2, 0.25) is 0 Å². The van der Waals surface area contributed by atoms with Crippen LogP contribution < -0.4 is 15.6 Å². The number of carboxylic acid groups (broad SMARTS) is 1. The molecule has 0 amide bonds. The van der Waals surface area contributed by atoms with E-state index < -0.39 is 12.1 Å². The Morgan fingerprint density at radius 3 is 2.33 bits per heavy atom. The van der Waals surface area contributed by atoms with Crippen LogP contribution in [0.25, 0.3) is 0 Å². The minimum absolute atomic E-state index is 0.125. The maximum Gasteiger partial charge on any atom is 0.152 e. The number of carbonyl (C=O) groups is 1. The Labute approximate surface area is 107 Å². The Morgan fingerprint density at radius 2 is 1.89 bits per heavy atom. The number of nitrogens with zero attached hydrogens (tertiary/aromatic N) is 1. The van der Waals surface area contributed by atoms with Crippen LogP contribution in [0.3, 0.4) is 0 Å². The van der Waals surface area contributed by atoms with Gasteiger partial charge in [-0.05, 0) is 24.3 Å². The van der Waals surface area contributed by atoms with E-state index >= 15 is 0 Å². The first kappa shape index (κ1) is 14.3. The van der Waals surface area contributed by atoms with Crippen LogP contribution >= 0.6 is 0 Å². The predicted molar refractivity (Wildman–Crippen MR) is 67.8 cm³/mol. The Kier molecular flexibility index (Phi) is 4.55. The minimum atomic E-state index is -1.11. The van der Waals surface area contributed by atoms with Gasteiger partial charge in [0, 0.05) is 18.1 Å². The molecule has 0 aliphatic carbocycles. The minimum Gasteiger partial charge on any atom is -0.550 e. The van der Waals surface area contributed by atoms with Crippen LogP contribution in [0.2, 0.25) is 0 Å². The topological polar surface area (TPSA) is 75.4 Å². The number of benzene rings is 1. The fraction of sp³-hybridized carbons (Fsp3) is 0.462. The number of ether oxygens (including phenoxy) is 1. The highest BCUT2D eigenvalue weighted by atomic mass is 16.5. The van der Waals surface area contributed by atoms with Crippen molar-refractivity contribution in [2.24, 2.45) is 0 Å². The van der Waals surface area contributed by atoms with Gasteiger partial charge in [-0.1, -0.05) is 0 Å². The highest BCUT2D eigenvalue weighted by molar-refractivity contribution is 5.65. The van der Waals surface area contributed by atoms with E-state index in [9.17, 15) is 9.90 Å². The smallest absolute Gasteiger partial charge is 0.152 e. The molecule has 1 rings (SSSR count). The van der Waals surface area contributed by atoms with Crippen molar-refractivity contribution in [2.45, 2.75) is 12.5 Å². The van der Waals surface area contributed by atoms with E-state index in [0.29, 0.717) is 22.5 Å². The van der Waals surface area contributed by atoms with Crippen LogP contribution in [-0.2, 0) is 4.79 Å². The number of aliphatic carboxylic acids is 1. The second-order valence-corrected chi connectivity index (χ2v) is 5.36. The summed E-state index contributed by atoms with van der Waals surface area (Å²) >= 11 is 0. The first-order valence-electron chi connectivity index (χ1n) is 5.79. The molecule has 5 nitrogen and oxygen atoms in total. The monoisotopic (exact) mass is 252 g/mol. The number of likely N-dealkylation sites (N-methyl/N-ethyl adjacent to an activating group) is 1. The lowest BCUT2D eigenvalue weighted by molar-refractivity contribution is -0.873. The molecule has 0 fully saturated rings. The van der Waals surface area contributed by atoms with Crippen molar-refractivity contribution < 1.29 is 19.1 Å². The number of hydrogen-bond acceptors (Lipinski definition) is 4. The summed E-state index contributed by atoms with van der Waals surface area (Å²) in [6.07, 6.45) is -0.543. The molecule has 100 valence electrons. The first-order chi connectivity index (χ1) is 8.26. The standard InChI is InChI=1S/C13H20N2O3/c1-15(2,3)9-12(8-13(16)17)18-11-6-4-10(14)5-7-11/h4-7,12H,8-9,14H2,1-3H3. The van der Waals surface area contributed by atoms with Crippen LogP contribution in [0.4, 0.5) is 5.69 Å². The molecule has 2 N–H and O–H groups in total. The molecular weight excluding hydrogens is 232 g/mol. The van der Waals surface area contributed by atoms with E-state index in [1.807, 2.05) is 21.1 Å². The van der Waals surface area contributed by atoms with E-state index in [2.05, 4.69) is 0 Å². The van der Waals surface area contributed by atoms with Gasteiger partial charge in [-0.2, -0.15) is 0 Å². The molecule has 0 aliphatic heterocycles. The number of quaternary nitrogens is 1. The third kappa shape index (κ3) is 5.54. The second kappa shape index (κ2) is 5.73. The molecule has 0 saturated heterocycles. The third-order valence-electron chi connectivity index (χ3n) is 2.33. The number of carboxylic acids is 1. The number of nitrogen functional groups attached to an aromatic ring is 1. The highest BCUT2D eigenvalue weighted by Gasteiger charge is 2.20. The summed E-state index contributed by atoms with van der Waals surface area (Å²) in [5.74, 6) is -0.493. The van der Waals surface area contributed by atoms with Crippen molar-refractivity contribution in [1.29, 1.82) is 0 Å². The van der Waals surface area contributed by atoms with Crippen LogP contribution in [0, 0.1) is 0 Å². The van der Waals surface area contributed by atoms with Gasteiger partial charge in [-0.25, -0.2) is 0 Å². The van der Waals surface area contributed by atoms with Gasteiger partial charge in [0.25, 0.3) is 0 Å². The summed E-state index contributed by atoms with van der Waals surface area (Å²) in [7, 11) is 5.94. The Hall–Kier alpha value is -1.75. The molecule has 0 aromatic heterocycles. The van der Waals surface area contributed by atoms with Crippen LogP contribution in [0.1, 0.15) is 6.42 Å². The zero-order chi connectivity index (χ0) is 13.8. The molecule has 1 aromatic rings. The molecule has 5 heteroatoms. The van der Waals surface area contributed by atoms with Crippen molar-refractivity contribution in [3.05, 3.63) is 24.3 Å². The Bertz CT molecular complexity index is 396. The van der Waals surface area contributed by atoms with Crippen LogP contribution in [0.5, 0.6) is 5.75 Å². The number of anilines is 1. The molecule has 1 atom stereocenters. The van der Waals surface area contributed by atoms with Gasteiger partial charge >= 0.3 is 0 Å². The summed E-state index contributed by atoms with van der Waals surface area (Å²) in [6.45, 7) is 0.582. The molecule has 0 radical (unpaired) electrons. The highest BCUT2D eigenvalue weighted by Crippen LogP contribution is 2.16. The van der Waals surface area contributed by atoms with Crippen LogP contribution in [0.15, 0.2) is 24.3 Å². The maximum atomic E-state index is 10.7. The molecule has 0 spiro atoms. The van der Waals surface area contributed by atoms with Gasteiger partial charge in [-0.15, -0.1) is 0 Å². The summed E-state index contributed by atoms with van der Waals surface area (Å²) in [6, 6.07) is 6.90. The predicted octanol–water partition coefficient (Wildman–Crippen LogP) is -0.138. The maximum absolute atomic E-state index is 10.7. The molecule has 0 aliphatic rings. The van der Waals surface area contributed by atoms with Gasteiger partial charge < -0.3 is 24.9 Å². The van der Waals surface area contributed by atoms with Gasteiger partial charge in [-0.3, -0.25) is 0 Å². The van der Waals surface area contributed by atoms with Crippen molar-refractivity contribution >= 4 is 11.7 Å².